The summed E-state index contributed by atoms with van der Waals surface area (Å²) in [7, 11) is 0. The predicted octanol–water partition coefficient (Wildman–Crippen LogP) is 5.79. The molecule has 0 spiro atoms. The first-order chi connectivity index (χ1) is 13.1. The van der Waals surface area contributed by atoms with E-state index in [4.69, 9.17) is 11.6 Å². The summed E-state index contributed by atoms with van der Waals surface area (Å²) < 4.78 is 13.3. The molecule has 0 bridgehead atoms. The molecular formula is C19H12ClFN4OS. The fraction of sp³-hybridized carbons (Fsp3) is 0. The molecule has 0 saturated carbocycles. The molecule has 2 N–H and O–H groups in total. The Balaban J connectivity index is 1.66. The Kier molecular flexibility index (Phi) is 4.70. The maximum atomic E-state index is 13.3. The van der Waals surface area contributed by atoms with Gasteiger partial charge in [-0.15, -0.1) is 0 Å². The lowest BCUT2D eigenvalue weighted by atomic mass is 10.1. The second-order valence-electron chi connectivity index (χ2n) is 5.67. The van der Waals surface area contributed by atoms with Crippen LogP contribution in [-0.4, -0.2) is 16.0 Å². The van der Waals surface area contributed by atoms with Crippen molar-refractivity contribution in [2.24, 2.45) is 0 Å². The van der Waals surface area contributed by atoms with Gasteiger partial charge in [0.05, 0.1) is 10.5 Å². The second-order valence-corrected chi connectivity index (χ2v) is 6.86. The van der Waals surface area contributed by atoms with Crippen LogP contribution in [0.15, 0.2) is 59.6 Å². The molecule has 0 radical (unpaired) electrons. The fourth-order valence-electron chi connectivity index (χ4n) is 2.59. The lowest BCUT2D eigenvalue weighted by Gasteiger charge is -2.12. The van der Waals surface area contributed by atoms with Gasteiger partial charge < -0.3 is 5.32 Å². The van der Waals surface area contributed by atoms with Crippen molar-refractivity contribution in [3.05, 3.63) is 70.4 Å². The number of hydrogen-bond donors (Lipinski definition) is 2. The smallest absolute Gasteiger partial charge is 0.308 e. The zero-order valence-electron chi connectivity index (χ0n) is 13.7. The van der Waals surface area contributed by atoms with Crippen LogP contribution in [0.3, 0.4) is 0 Å². The molecule has 3 heterocycles. The molecule has 2 amide bonds. The number of thiophene rings is 1. The summed E-state index contributed by atoms with van der Waals surface area (Å²) in [6.45, 7) is 0. The molecule has 8 heteroatoms. The number of nitrogens with one attached hydrogen (secondary N) is 2. The number of benzene rings is 1. The molecule has 0 aliphatic heterocycles. The summed E-state index contributed by atoms with van der Waals surface area (Å²) >= 11 is 7.30. The third-order valence-corrected chi connectivity index (χ3v) is 4.83. The summed E-state index contributed by atoms with van der Waals surface area (Å²) in [6.07, 6.45) is 3.37. The summed E-state index contributed by atoms with van der Waals surface area (Å²) in [5.41, 5.74) is 2.81. The quantitative estimate of drug-likeness (QED) is 0.458. The van der Waals surface area contributed by atoms with Crippen LogP contribution in [-0.2, 0) is 0 Å². The van der Waals surface area contributed by atoms with Crippen LogP contribution in [0.25, 0.3) is 22.0 Å². The van der Waals surface area contributed by atoms with Gasteiger partial charge in [0.2, 0.25) is 0 Å². The number of aromatic nitrogens is 2. The molecule has 0 atom stereocenters. The van der Waals surface area contributed by atoms with Crippen molar-refractivity contribution in [2.45, 2.75) is 0 Å². The van der Waals surface area contributed by atoms with Crippen LogP contribution in [0.1, 0.15) is 0 Å². The van der Waals surface area contributed by atoms with Crippen molar-refractivity contribution >= 4 is 51.4 Å². The van der Waals surface area contributed by atoms with Gasteiger partial charge in [-0.25, -0.2) is 14.2 Å². The van der Waals surface area contributed by atoms with Gasteiger partial charge in [-0.05, 0) is 52.7 Å². The van der Waals surface area contributed by atoms with Gasteiger partial charge in [0.25, 0.3) is 0 Å². The van der Waals surface area contributed by atoms with E-state index in [2.05, 4.69) is 20.6 Å². The first kappa shape index (κ1) is 17.4. The molecular weight excluding hydrogens is 387 g/mol. The number of carbonyl (C=O) groups excluding carboxylic acids is 1. The van der Waals surface area contributed by atoms with E-state index < -0.39 is 11.8 Å². The highest BCUT2D eigenvalue weighted by atomic mass is 35.5. The Hall–Kier alpha value is -3.03. The molecule has 4 aromatic rings. The molecule has 3 aromatic heterocycles. The van der Waals surface area contributed by atoms with Gasteiger partial charge in [0.1, 0.15) is 11.6 Å². The lowest BCUT2D eigenvalue weighted by molar-refractivity contribution is 0.262. The van der Waals surface area contributed by atoms with Crippen LogP contribution in [0, 0.1) is 5.82 Å². The Morgan fingerprint density at radius 2 is 2.04 bits per heavy atom. The molecule has 4 rings (SSSR count). The van der Waals surface area contributed by atoms with Crippen molar-refractivity contribution in [1.82, 2.24) is 9.97 Å². The number of rotatable bonds is 3. The zero-order valence-corrected chi connectivity index (χ0v) is 15.3. The first-order valence-electron chi connectivity index (χ1n) is 7.90. The summed E-state index contributed by atoms with van der Waals surface area (Å²) in [5, 5.41) is 10.1. The number of nitrogens with zero attached hydrogens (tertiary/aromatic N) is 2. The van der Waals surface area contributed by atoms with E-state index in [1.54, 1.807) is 29.8 Å². The number of amides is 2. The number of fused-ring (bicyclic) bond motifs is 1. The summed E-state index contributed by atoms with van der Waals surface area (Å²) in [6, 6.07) is 9.12. The van der Waals surface area contributed by atoms with Gasteiger partial charge in [0, 0.05) is 29.0 Å². The first-order valence-corrected chi connectivity index (χ1v) is 9.22. The summed E-state index contributed by atoms with van der Waals surface area (Å²) in [4.78, 5) is 21.1. The molecule has 0 unspecified atom stereocenters. The Bertz CT molecular complexity index is 1130. The third-order valence-electron chi connectivity index (χ3n) is 3.86. The Labute approximate surface area is 162 Å². The summed E-state index contributed by atoms with van der Waals surface area (Å²) in [5.74, 6) is -0.134. The maximum absolute atomic E-state index is 13.3. The van der Waals surface area contributed by atoms with Gasteiger partial charge in [-0.2, -0.15) is 11.3 Å². The van der Waals surface area contributed by atoms with Crippen molar-refractivity contribution < 1.29 is 9.18 Å². The number of carbonyl (C=O) groups is 1. The van der Waals surface area contributed by atoms with Crippen LogP contribution < -0.4 is 10.6 Å². The Morgan fingerprint density at radius 1 is 1.15 bits per heavy atom. The van der Waals surface area contributed by atoms with Gasteiger partial charge in [-0.1, -0.05) is 11.6 Å². The minimum absolute atomic E-state index is 0.0666. The van der Waals surface area contributed by atoms with E-state index in [1.807, 2.05) is 22.9 Å². The van der Waals surface area contributed by atoms with Crippen molar-refractivity contribution in [3.8, 4) is 11.1 Å². The molecule has 27 heavy (non-hydrogen) atoms. The minimum atomic E-state index is -0.549. The lowest BCUT2D eigenvalue weighted by Crippen LogP contribution is -2.20. The minimum Gasteiger partial charge on any atom is -0.308 e. The van der Waals surface area contributed by atoms with Crippen LogP contribution in [0.4, 0.5) is 20.7 Å². The molecule has 0 aliphatic carbocycles. The number of urea groups is 1. The third kappa shape index (κ3) is 3.74. The molecule has 0 aliphatic rings. The average molecular weight is 399 g/mol. The van der Waals surface area contributed by atoms with Crippen LogP contribution in [0.2, 0.25) is 5.02 Å². The maximum Gasteiger partial charge on any atom is 0.324 e. The topological polar surface area (TPSA) is 66.9 Å². The SMILES string of the molecule is O=C(Nc1ccc(F)c(Cl)c1)Nc1nc2ccncc2cc1-c1ccsc1. The molecule has 0 saturated heterocycles. The largest absolute Gasteiger partial charge is 0.324 e. The molecule has 1 aromatic carbocycles. The zero-order chi connectivity index (χ0) is 18.8. The highest BCUT2D eigenvalue weighted by Gasteiger charge is 2.13. The fourth-order valence-corrected chi connectivity index (χ4v) is 3.43. The highest BCUT2D eigenvalue weighted by molar-refractivity contribution is 7.08. The number of anilines is 2. The number of hydrogen-bond acceptors (Lipinski definition) is 4. The van der Waals surface area contributed by atoms with Gasteiger partial charge in [0.15, 0.2) is 0 Å². The van der Waals surface area contributed by atoms with Crippen molar-refractivity contribution in [2.75, 3.05) is 10.6 Å². The number of halogens is 2. The second kappa shape index (κ2) is 7.30. The standard InChI is InChI=1S/C19H12ClFN4OS/c20-15-8-13(1-2-16(15)21)23-19(26)25-18-14(11-4-6-27-10-11)7-12-9-22-5-3-17(12)24-18/h1-10H,(H2,23,24,25,26). The van der Waals surface area contributed by atoms with E-state index in [0.717, 1.165) is 16.5 Å². The van der Waals surface area contributed by atoms with Crippen molar-refractivity contribution in [1.29, 1.82) is 0 Å². The van der Waals surface area contributed by atoms with E-state index in [-0.39, 0.29) is 5.02 Å². The molecule has 0 fully saturated rings. The molecule has 5 nitrogen and oxygen atoms in total. The Morgan fingerprint density at radius 3 is 2.81 bits per heavy atom. The monoisotopic (exact) mass is 398 g/mol. The highest BCUT2D eigenvalue weighted by Crippen LogP contribution is 2.31. The van der Waals surface area contributed by atoms with Gasteiger partial charge >= 0.3 is 6.03 Å². The van der Waals surface area contributed by atoms with Crippen molar-refractivity contribution in [3.63, 3.8) is 0 Å². The van der Waals surface area contributed by atoms with Gasteiger partial charge in [-0.3, -0.25) is 10.3 Å². The van der Waals surface area contributed by atoms with E-state index in [9.17, 15) is 9.18 Å². The normalized spacial score (nSPS) is 10.7. The number of pyridine rings is 2. The molecule has 134 valence electrons. The van der Waals surface area contributed by atoms with Crippen LogP contribution in [0.5, 0.6) is 0 Å². The average Bonchev–Trinajstić information content (AvgIpc) is 3.18. The van der Waals surface area contributed by atoms with E-state index in [1.165, 1.54) is 18.2 Å². The van der Waals surface area contributed by atoms with Crippen LogP contribution >= 0.6 is 22.9 Å². The van der Waals surface area contributed by atoms with E-state index in [0.29, 0.717) is 17.0 Å². The van der Waals surface area contributed by atoms with E-state index >= 15 is 0 Å². The predicted molar refractivity (Wildman–Crippen MR) is 107 cm³/mol.